The predicted molar refractivity (Wildman–Crippen MR) is 202 cm³/mol. The Morgan fingerprint density at radius 1 is 0.846 bits per heavy atom. The van der Waals surface area contributed by atoms with Crippen molar-refractivity contribution >= 4 is 78.8 Å². The molecular formula is C37H42N8O5S2. The second kappa shape index (κ2) is 16.7. The summed E-state index contributed by atoms with van der Waals surface area (Å²) in [5.74, 6) is 2.93. The predicted octanol–water partition coefficient (Wildman–Crippen LogP) is 6.40. The molecule has 0 saturated carbocycles. The van der Waals surface area contributed by atoms with Gasteiger partial charge in [-0.1, -0.05) is 26.0 Å². The van der Waals surface area contributed by atoms with Crippen LogP contribution in [0.15, 0.2) is 42.5 Å². The van der Waals surface area contributed by atoms with Crippen molar-refractivity contribution in [3.8, 4) is 0 Å². The number of rotatable bonds is 9. The highest BCUT2D eigenvalue weighted by Gasteiger charge is 2.22. The first kappa shape index (κ1) is 37.0. The fourth-order valence-corrected chi connectivity index (χ4v) is 8.76. The van der Waals surface area contributed by atoms with Gasteiger partial charge in [-0.05, 0) is 80.7 Å². The molecule has 2 aliphatic carbocycles. The summed E-state index contributed by atoms with van der Waals surface area (Å²) < 4.78 is 9.17. The van der Waals surface area contributed by atoms with Gasteiger partial charge in [-0.15, -0.1) is 22.7 Å². The second-order valence-corrected chi connectivity index (χ2v) is 15.4. The first-order valence-electron chi connectivity index (χ1n) is 17.3. The normalized spacial score (nSPS) is 16.2. The van der Waals surface area contributed by atoms with Crippen LogP contribution in [-0.2, 0) is 54.1 Å². The summed E-state index contributed by atoms with van der Waals surface area (Å²) >= 11 is 3.48. The van der Waals surface area contributed by atoms with Crippen LogP contribution in [0.2, 0.25) is 0 Å². The number of benzene rings is 2. The molecule has 2 aliphatic rings. The van der Waals surface area contributed by atoms with E-state index in [1.807, 2.05) is 42.9 Å². The SMILES string of the molecule is CC1CCc2nc(Nc3nc4cc(C(=O)COCCO)ccc4n3C)sc2C1.CC1CCc2nc(Nc3nc4ccccc4n3C)sc2C1.O=C=O. The number of aryl methyl sites for hydroxylation is 4. The number of aromatic nitrogens is 6. The fraction of sp³-hybridized carbons (Fsp3) is 0.405. The molecule has 0 amide bonds. The Hall–Kier alpha value is -4.79. The first-order chi connectivity index (χ1) is 25.2. The number of nitrogens with zero attached hydrogens (tertiary/aromatic N) is 6. The number of aliphatic hydroxyl groups is 1. The Balaban J connectivity index is 0.000000172. The van der Waals surface area contributed by atoms with E-state index in [4.69, 9.17) is 29.4 Å². The molecule has 2 unspecified atom stereocenters. The lowest BCUT2D eigenvalue weighted by molar-refractivity contribution is -0.191. The molecular weight excluding hydrogens is 701 g/mol. The molecule has 2 atom stereocenters. The summed E-state index contributed by atoms with van der Waals surface area (Å²) in [6.07, 6.45) is 7.11. The number of carbonyl (C=O) groups is 1. The van der Waals surface area contributed by atoms with Gasteiger partial charge in [0.15, 0.2) is 16.0 Å². The number of nitrogens with one attached hydrogen (secondary N) is 2. The number of hydrogen-bond donors (Lipinski definition) is 3. The highest BCUT2D eigenvalue weighted by molar-refractivity contribution is 7.16. The van der Waals surface area contributed by atoms with Crippen molar-refractivity contribution < 1.29 is 24.2 Å². The van der Waals surface area contributed by atoms with Crippen LogP contribution in [0.5, 0.6) is 0 Å². The maximum atomic E-state index is 12.2. The lowest BCUT2D eigenvalue weighted by atomic mass is 9.93. The standard InChI is InChI=1S/C20H24N4O3S.C16H18N4S.CO2/c1-12-3-5-14-18(9-12)28-20(22-14)23-19-21-15-10-13(4-6-16(15)24(19)2)17(26)11-27-8-7-25;1-10-7-8-12-14(9-10)21-16(18-12)19-15-17-11-5-3-4-6-13(11)20(15)2;2-1-3/h4,6,10,12,25H,3,5,7-9,11H2,1-2H3,(H,21,22,23);3-6,10H,7-9H2,1-2H3,(H,17,18,19);. The van der Waals surface area contributed by atoms with Crippen molar-refractivity contribution in [2.24, 2.45) is 25.9 Å². The van der Waals surface area contributed by atoms with Crippen LogP contribution in [0.1, 0.15) is 58.2 Å². The van der Waals surface area contributed by atoms with Gasteiger partial charge in [0.05, 0.1) is 46.7 Å². The third-order valence-electron chi connectivity index (χ3n) is 9.27. The Labute approximate surface area is 309 Å². The molecule has 0 saturated heterocycles. The molecule has 15 heteroatoms. The molecule has 52 heavy (non-hydrogen) atoms. The Kier molecular flexibility index (Phi) is 11.9. The highest BCUT2D eigenvalue weighted by atomic mass is 32.1. The van der Waals surface area contributed by atoms with E-state index >= 15 is 0 Å². The topological polar surface area (TPSA) is 166 Å². The van der Waals surface area contributed by atoms with Gasteiger partial charge in [-0.25, -0.2) is 19.9 Å². The number of carbonyl (C=O) groups excluding carboxylic acids is 3. The quantitative estimate of drug-likeness (QED) is 0.111. The number of para-hydroxylation sites is 2. The molecule has 0 aliphatic heterocycles. The summed E-state index contributed by atoms with van der Waals surface area (Å²) in [5, 5.41) is 17.3. The van der Waals surface area contributed by atoms with E-state index in [0.717, 1.165) is 69.9 Å². The third kappa shape index (κ3) is 8.46. The molecule has 0 spiro atoms. The minimum absolute atomic E-state index is 0.0485. The van der Waals surface area contributed by atoms with Crippen LogP contribution < -0.4 is 10.6 Å². The van der Waals surface area contributed by atoms with Crippen LogP contribution >= 0.6 is 22.7 Å². The molecule has 272 valence electrons. The number of imidazole rings is 2. The zero-order valence-corrected chi connectivity index (χ0v) is 31.3. The van der Waals surface area contributed by atoms with Crippen molar-refractivity contribution in [3.63, 3.8) is 0 Å². The van der Waals surface area contributed by atoms with E-state index in [-0.39, 0.29) is 31.8 Å². The monoisotopic (exact) mass is 742 g/mol. The number of ketones is 1. The largest absolute Gasteiger partial charge is 0.394 e. The Bertz CT molecular complexity index is 2210. The Morgan fingerprint density at radius 3 is 1.94 bits per heavy atom. The Morgan fingerprint density at radius 2 is 1.38 bits per heavy atom. The van der Waals surface area contributed by atoms with E-state index in [0.29, 0.717) is 17.4 Å². The summed E-state index contributed by atoms with van der Waals surface area (Å²) in [5.41, 5.74) is 6.86. The number of thiazole rings is 2. The van der Waals surface area contributed by atoms with Crippen molar-refractivity contribution in [1.82, 2.24) is 29.1 Å². The van der Waals surface area contributed by atoms with E-state index in [2.05, 4.69) is 45.1 Å². The van der Waals surface area contributed by atoms with Crippen molar-refractivity contribution in [1.29, 1.82) is 0 Å². The second-order valence-electron chi connectivity index (χ2n) is 13.2. The molecule has 0 bridgehead atoms. The summed E-state index contributed by atoms with van der Waals surface area (Å²) in [4.78, 5) is 50.1. The van der Waals surface area contributed by atoms with Crippen molar-refractivity contribution in [2.75, 3.05) is 30.5 Å². The zero-order chi connectivity index (χ0) is 36.8. The van der Waals surface area contributed by atoms with E-state index < -0.39 is 0 Å². The van der Waals surface area contributed by atoms with Crippen LogP contribution in [0, 0.1) is 11.8 Å². The lowest BCUT2D eigenvalue weighted by Gasteiger charge is -2.15. The number of aliphatic hydroxyl groups excluding tert-OH is 1. The lowest BCUT2D eigenvalue weighted by Crippen LogP contribution is -2.11. The fourth-order valence-electron chi connectivity index (χ4n) is 6.43. The molecule has 3 N–H and O–H groups in total. The maximum Gasteiger partial charge on any atom is 0.373 e. The van der Waals surface area contributed by atoms with Gasteiger partial charge >= 0.3 is 6.15 Å². The molecule has 4 aromatic heterocycles. The summed E-state index contributed by atoms with van der Waals surface area (Å²) in [6, 6.07) is 13.6. The minimum atomic E-state index is -0.128. The molecule has 0 radical (unpaired) electrons. The molecule has 6 aromatic rings. The third-order valence-corrected chi connectivity index (χ3v) is 11.3. The smallest absolute Gasteiger partial charge is 0.373 e. The van der Waals surface area contributed by atoms with Gasteiger partial charge in [0.2, 0.25) is 11.9 Å². The van der Waals surface area contributed by atoms with Gasteiger partial charge in [0.1, 0.15) is 6.61 Å². The van der Waals surface area contributed by atoms with Gasteiger partial charge in [-0.3, -0.25) is 4.79 Å². The van der Waals surface area contributed by atoms with Crippen molar-refractivity contribution in [2.45, 2.75) is 52.4 Å². The average molecular weight is 743 g/mol. The molecule has 13 nitrogen and oxygen atoms in total. The number of anilines is 4. The average Bonchev–Trinajstić information content (AvgIpc) is 3.88. The zero-order valence-electron chi connectivity index (χ0n) is 29.6. The first-order valence-corrected chi connectivity index (χ1v) is 18.9. The number of fused-ring (bicyclic) bond motifs is 4. The van der Waals surface area contributed by atoms with Crippen LogP contribution in [0.3, 0.4) is 0 Å². The number of Topliss-reactive ketones (excluding diaryl/α,β-unsaturated/α-hetero) is 1. The molecule has 0 fully saturated rings. The van der Waals surface area contributed by atoms with Crippen LogP contribution in [-0.4, -0.2) is 65.9 Å². The van der Waals surface area contributed by atoms with Gasteiger partial charge < -0.3 is 29.6 Å². The number of ether oxygens (including phenoxy) is 1. The van der Waals surface area contributed by atoms with Crippen LogP contribution in [0.25, 0.3) is 22.1 Å². The maximum absolute atomic E-state index is 12.2. The van der Waals surface area contributed by atoms with E-state index in [9.17, 15) is 4.79 Å². The number of hydrogen-bond acceptors (Lipinski definition) is 13. The highest BCUT2D eigenvalue weighted by Crippen LogP contribution is 2.35. The van der Waals surface area contributed by atoms with Gasteiger partial charge in [-0.2, -0.15) is 9.59 Å². The van der Waals surface area contributed by atoms with Gasteiger partial charge in [0, 0.05) is 29.4 Å². The minimum Gasteiger partial charge on any atom is -0.394 e. The van der Waals surface area contributed by atoms with Crippen molar-refractivity contribution in [3.05, 3.63) is 69.2 Å². The molecule has 4 heterocycles. The van der Waals surface area contributed by atoms with Gasteiger partial charge in [0.25, 0.3) is 0 Å². The van der Waals surface area contributed by atoms with E-state index in [1.54, 1.807) is 34.8 Å². The summed E-state index contributed by atoms with van der Waals surface area (Å²) in [6.45, 7) is 4.62. The molecule has 8 rings (SSSR count). The summed E-state index contributed by atoms with van der Waals surface area (Å²) in [7, 11) is 3.98. The van der Waals surface area contributed by atoms with Crippen LogP contribution in [0.4, 0.5) is 22.2 Å². The van der Waals surface area contributed by atoms with E-state index in [1.165, 1.54) is 34.0 Å². The molecule has 2 aromatic carbocycles.